The van der Waals surface area contributed by atoms with E-state index < -0.39 is 0 Å². The van der Waals surface area contributed by atoms with Crippen molar-refractivity contribution < 1.29 is 14.6 Å². The first-order valence-corrected chi connectivity index (χ1v) is 7.62. The first kappa shape index (κ1) is 15.7. The van der Waals surface area contributed by atoms with Crippen LogP contribution in [-0.2, 0) is 7.05 Å². The Labute approximate surface area is 142 Å². The molecule has 23 heavy (non-hydrogen) atoms. The van der Waals surface area contributed by atoms with E-state index >= 15 is 0 Å². The molecule has 118 valence electrons. The molecular weight excluding hydrogens is 337 g/mol. The molecule has 0 aliphatic rings. The maximum absolute atomic E-state index is 12.5. The van der Waals surface area contributed by atoms with E-state index in [1.807, 2.05) is 18.2 Å². The summed E-state index contributed by atoms with van der Waals surface area (Å²) in [5, 5.41) is 11.7. The molecule has 0 bridgehead atoms. The number of carbonyl (C=O) groups is 1. The number of aromatic hydroxyl groups is 1. The van der Waals surface area contributed by atoms with Crippen molar-refractivity contribution in [3.63, 3.8) is 0 Å². The highest BCUT2D eigenvalue weighted by Crippen LogP contribution is 2.31. The van der Waals surface area contributed by atoms with E-state index in [0.29, 0.717) is 21.2 Å². The van der Waals surface area contributed by atoms with E-state index in [9.17, 15) is 9.90 Å². The summed E-state index contributed by atoms with van der Waals surface area (Å²) >= 11 is 11.8. The number of ketones is 1. The molecule has 0 fully saturated rings. The summed E-state index contributed by atoms with van der Waals surface area (Å²) < 4.78 is 7.03. The van der Waals surface area contributed by atoms with Crippen LogP contribution in [0.4, 0.5) is 0 Å². The quantitative estimate of drug-likeness (QED) is 0.707. The summed E-state index contributed by atoms with van der Waals surface area (Å²) in [6.07, 6.45) is 0. The van der Waals surface area contributed by atoms with Crippen LogP contribution in [0.1, 0.15) is 10.4 Å². The van der Waals surface area contributed by atoms with Crippen molar-refractivity contribution in [1.82, 2.24) is 4.57 Å². The van der Waals surface area contributed by atoms with Crippen molar-refractivity contribution in [2.24, 2.45) is 7.05 Å². The number of para-hydroxylation sites is 1. The Hall–Kier alpha value is -2.17. The van der Waals surface area contributed by atoms with E-state index in [0.717, 1.165) is 5.52 Å². The number of fused-ring (bicyclic) bond motifs is 1. The van der Waals surface area contributed by atoms with Crippen molar-refractivity contribution >= 4 is 39.9 Å². The van der Waals surface area contributed by atoms with Crippen LogP contribution in [0.2, 0.25) is 10.0 Å². The number of ether oxygens (including phenoxy) is 1. The zero-order valence-electron chi connectivity index (χ0n) is 12.2. The smallest absolute Gasteiger partial charge is 0.206 e. The average Bonchev–Trinajstić information content (AvgIpc) is 2.78. The Balaban J connectivity index is 1.88. The zero-order chi connectivity index (χ0) is 16.6. The number of nitrogens with zero attached hydrogens (tertiary/aromatic N) is 1. The second kappa shape index (κ2) is 6.14. The largest absolute Gasteiger partial charge is 0.494 e. The molecule has 3 rings (SSSR count). The predicted molar refractivity (Wildman–Crippen MR) is 90.9 cm³/mol. The Morgan fingerprint density at radius 3 is 2.70 bits per heavy atom. The summed E-state index contributed by atoms with van der Waals surface area (Å²) in [5.41, 5.74) is 1.02. The Bertz CT molecular complexity index is 902. The molecule has 1 N–H and O–H groups in total. The van der Waals surface area contributed by atoms with Crippen LogP contribution in [0.15, 0.2) is 42.5 Å². The van der Waals surface area contributed by atoms with Gasteiger partial charge in [-0.05, 0) is 24.3 Å². The number of Topliss-reactive ketones (excluding diaryl/α,β-unsaturated/α-hetero) is 1. The number of carbonyl (C=O) groups excluding carboxylic acids is 1. The molecule has 3 aromatic rings. The third-order valence-electron chi connectivity index (χ3n) is 3.61. The Morgan fingerprint density at radius 2 is 1.96 bits per heavy atom. The Kier molecular flexibility index (Phi) is 4.20. The number of aryl methyl sites for hydroxylation is 1. The van der Waals surface area contributed by atoms with Crippen molar-refractivity contribution in [3.8, 4) is 11.6 Å². The van der Waals surface area contributed by atoms with Gasteiger partial charge >= 0.3 is 0 Å². The fourth-order valence-electron chi connectivity index (χ4n) is 2.46. The third kappa shape index (κ3) is 2.87. The molecule has 0 saturated carbocycles. The van der Waals surface area contributed by atoms with Gasteiger partial charge in [0.25, 0.3) is 0 Å². The fourth-order valence-corrected chi connectivity index (χ4v) is 2.93. The summed E-state index contributed by atoms with van der Waals surface area (Å²) in [6.45, 7) is -0.233. The monoisotopic (exact) mass is 349 g/mol. The molecular formula is C17H13Cl2NO3. The van der Waals surface area contributed by atoms with Crippen molar-refractivity contribution in [2.75, 3.05) is 6.61 Å². The fraction of sp³-hybridized carbons (Fsp3) is 0.118. The number of aromatic nitrogens is 1. The van der Waals surface area contributed by atoms with Crippen LogP contribution < -0.4 is 4.74 Å². The van der Waals surface area contributed by atoms with Crippen LogP contribution in [0.5, 0.6) is 11.6 Å². The lowest BCUT2D eigenvalue weighted by atomic mass is 10.1. The molecule has 1 aromatic heterocycles. The summed E-state index contributed by atoms with van der Waals surface area (Å²) in [5.74, 6) is -0.0449. The van der Waals surface area contributed by atoms with Crippen LogP contribution in [0.3, 0.4) is 0 Å². The maximum atomic E-state index is 12.5. The number of benzene rings is 2. The van der Waals surface area contributed by atoms with Crippen LogP contribution >= 0.6 is 23.2 Å². The van der Waals surface area contributed by atoms with Gasteiger partial charge < -0.3 is 14.4 Å². The van der Waals surface area contributed by atoms with Gasteiger partial charge in [-0.1, -0.05) is 41.4 Å². The maximum Gasteiger partial charge on any atom is 0.206 e. The lowest BCUT2D eigenvalue weighted by molar-refractivity contribution is 0.0920. The minimum Gasteiger partial charge on any atom is -0.494 e. The molecule has 0 spiro atoms. The van der Waals surface area contributed by atoms with Gasteiger partial charge in [-0.2, -0.15) is 0 Å². The van der Waals surface area contributed by atoms with E-state index in [1.54, 1.807) is 29.8 Å². The van der Waals surface area contributed by atoms with E-state index in [2.05, 4.69) is 0 Å². The lowest BCUT2D eigenvalue weighted by Crippen LogP contribution is -2.11. The van der Waals surface area contributed by atoms with Gasteiger partial charge in [0, 0.05) is 17.5 Å². The van der Waals surface area contributed by atoms with Gasteiger partial charge in [-0.15, -0.1) is 0 Å². The summed E-state index contributed by atoms with van der Waals surface area (Å²) in [7, 11) is 1.70. The SMILES string of the molecule is Cn1c(O)c(C(=O)COc2ccc(Cl)cc2Cl)c2ccccc21. The molecule has 0 unspecified atom stereocenters. The molecule has 0 radical (unpaired) electrons. The Morgan fingerprint density at radius 1 is 1.22 bits per heavy atom. The summed E-state index contributed by atoms with van der Waals surface area (Å²) in [6, 6.07) is 12.1. The third-order valence-corrected chi connectivity index (χ3v) is 4.14. The molecule has 6 heteroatoms. The van der Waals surface area contributed by atoms with Gasteiger partial charge in [0.2, 0.25) is 11.7 Å². The highest BCUT2D eigenvalue weighted by molar-refractivity contribution is 6.35. The number of rotatable bonds is 4. The van der Waals surface area contributed by atoms with Gasteiger partial charge in [0.15, 0.2) is 6.61 Å². The number of hydrogen-bond acceptors (Lipinski definition) is 3. The van der Waals surface area contributed by atoms with E-state index in [1.165, 1.54) is 6.07 Å². The lowest BCUT2D eigenvalue weighted by Gasteiger charge is -2.07. The summed E-state index contributed by atoms with van der Waals surface area (Å²) in [4.78, 5) is 12.5. The van der Waals surface area contributed by atoms with Crippen LogP contribution in [-0.4, -0.2) is 22.1 Å². The van der Waals surface area contributed by atoms with Gasteiger partial charge in [-0.25, -0.2) is 0 Å². The first-order valence-electron chi connectivity index (χ1n) is 6.86. The second-order valence-corrected chi connectivity index (χ2v) is 5.91. The molecule has 0 aliphatic carbocycles. The molecule has 0 saturated heterocycles. The normalized spacial score (nSPS) is 10.9. The van der Waals surface area contributed by atoms with Gasteiger partial charge in [-0.3, -0.25) is 4.79 Å². The topological polar surface area (TPSA) is 51.5 Å². The number of halogens is 2. The second-order valence-electron chi connectivity index (χ2n) is 5.06. The molecule has 0 aliphatic heterocycles. The number of hydrogen-bond donors (Lipinski definition) is 1. The molecule has 0 amide bonds. The molecule has 1 heterocycles. The van der Waals surface area contributed by atoms with Gasteiger partial charge in [0.1, 0.15) is 5.75 Å². The van der Waals surface area contributed by atoms with E-state index in [-0.39, 0.29) is 23.8 Å². The highest BCUT2D eigenvalue weighted by Gasteiger charge is 2.21. The van der Waals surface area contributed by atoms with Crippen LogP contribution in [0.25, 0.3) is 10.9 Å². The minimum absolute atomic E-state index is 0.0815. The average molecular weight is 350 g/mol. The highest BCUT2D eigenvalue weighted by atomic mass is 35.5. The predicted octanol–water partition coefficient (Wildman–Crippen LogP) is 4.45. The van der Waals surface area contributed by atoms with Crippen molar-refractivity contribution in [1.29, 1.82) is 0 Å². The van der Waals surface area contributed by atoms with Gasteiger partial charge in [0.05, 0.1) is 16.1 Å². The van der Waals surface area contributed by atoms with Crippen molar-refractivity contribution in [2.45, 2.75) is 0 Å². The molecule has 0 atom stereocenters. The van der Waals surface area contributed by atoms with Crippen LogP contribution in [0, 0.1) is 0 Å². The molecule has 2 aromatic carbocycles. The standard InChI is InChI=1S/C17H13Cl2NO3/c1-20-13-5-3-2-4-11(13)16(17(20)22)14(21)9-23-15-7-6-10(18)8-12(15)19/h2-8,22H,9H2,1H3. The first-order chi connectivity index (χ1) is 11.0. The minimum atomic E-state index is -0.328. The molecule has 4 nitrogen and oxygen atoms in total. The zero-order valence-corrected chi connectivity index (χ0v) is 13.7. The van der Waals surface area contributed by atoms with E-state index in [4.69, 9.17) is 27.9 Å². The van der Waals surface area contributed by atoms with Crippen molar-refractivity contribution in [3.05, 3.63) is 58.1 Å².